The highest BCUT2D eigenvalue weighted by Crippen LogP contribution is 2.11. The molecule has 0 bridgehead atoms. The van der Waals surface area contributed by atoms with Crippen molar-refractivity contribution < 1.29 is 9.47 Å². The molecule has 0 aliphatic rings. The van der Waals surface area contributed by atoms with Crippen molar-refractivity contribution >= 4 is 0 Å². The Morgan fingerprint density at radius 2 is 0.920 bits per heavy atom. The maximum Gasteiger partial charge on any atom is 0.162 e. The van der Waals surface area contributed by atoms with Gasteiger partial charge in [-0.25, -0.2) is 0 Å². The quantitative estimate of drug-likeness (QED) is 0.388. The summed E-state index contributed by atoms with van der Waals surface area (Å²) in [6.07, 6.45) is 2.37. The molecule has 0 saturated heterocycles. The van der Waals surface area contributed by atoms with E-state index in [0.29, 0.717) is 13.2 Å². The van der Waals surface area contributed by atoms with Crippen LogP contribution >= 0.6 is 0 Å². The van der Waals surface area contributed by atoms with Gasteiger partial charge in [0.25, 0.3) is 0 Å². The Labute approximate surface area is 157 Å². The molecule has 0 fully saturated rings. The lowest BCUT2D eigenvalue weighted by molar-refractivity contribution is -0.215. The first-order valence-corrected chi connectivity index (χ1v) is 9.57. The third kappa shape index (κ3) is 17.0. The van der Waals surface area contributed by atoms with Gasteiger partial charge in [0.1, 0.15) is 0 Å². The molecule has 0 rings (SSSR count). The lowest BCUT2D eigenvalue weighted by atomic mass is 10.3. The molecule has 0 N–H and O–H groups in total. The molecule has 0 radical (unpaired) electrons. The molecule has 0 spiro atoms. The van der Waals surface area contributed by atoms with E-state index in [-0.39, 0.29) is 0 Å². The molecule has 25 heavy (non-hydrogen) atoms. The number of ether oxygens (including phenoxy) is 2. The van der Waals surface area contributed by atoms with Crippen LogP contribution < -0.4 is 0 Å². The van der Waals surface area contributed by atoms with E-state index in [4.69, 9.17) is 9.47 Å². The van der Waals surface area contributed by atoms with Crippen LogP contribution in [-0.2, 0) is 9.47 Å². The van der Waals surface area contributed by atoms with Crippen molar-refractivity contribution in [3.8, 4) is 0 Å². The van der Waals surface area contributed by atoms with Crippen LogP contribution in [0.5, 0.6) is 0 Å². The third-order valence-electron chi connectivity index (χ3n) is 4.14. The van der Waals surface area contributed by atoms with Crippen molar-refractivity contribution in [3.05, 3.63) is 0 Å². The molecular weight excluding hydrogens is 316 g/mol. The minimum atomic E-state index is -0.519. The van der Waals surface area contributed by atoms with Crippen LogP contribution in [-0.4, -0.2) is 120 Å². The molecule has 152 valence electrons. The molecular formula is C19H44N4O2. The van der Waals surface area contributed by atoms with Crippen LogP contribution in [0.15, 0.2) is 0 Å². The minimum absolute atomic E-state index is 0.519. The SMILES string of the molecule is CN(C)CCCN(C)CCOC(C)(C)OCCN(C)CCCN(C)C. The van der Waals surface area contributed by atoms with E-state index in [1.54, 1.807) is 0 Å². The topological polar surface area (TPSA) is 31.4 Å². The highest BCUT2D eigenvalue weighted by atomic mass is 16.7. The predicted octanol–water partition coefficient (Wildman–Crippen LogP) is 1.52. The number of likely N-dealkylation sites (N-methyl/N-ethyl adjacent to an activating group) is 2. The molecule has 0 unspecified atom stereocenters. The number of rotatable bonds is 16. The van der Waals surface area contributed by atoms with Gasteiger partial charge in [-0.2, -0.15) is 0 Å². The first kappa shape index (κ1) is 24.8. The Balaban J connectivity index is 3.72. The second-order valence-corrected chi connectivity index (χ2v) is 8.02. The molecule has 0 aromatic heterocycles. The Hall–Kier alpha value is -0.240. The summed E-state index contributed by atoms with van der Waals surface area (Å²) in [6, 6.07) is 0. The molecule has 6 nitrogen and oxygen atoms in total. The normalized spacial score (nSPS) is 13.0. The first-order chi connectivity index (χ1) is 11.6. The molecule has 0 amide bonds. The fraction of sp³-hybridized carbons (Fsp3) is 1.00. The van der Waals surface area contributed by atoms with E-state index < -0.39 is 5.79 Å². The summed E-state index contributed by atoms with van der Waals surface area (Å²) in [5.41, 5.74) is 0. The standard InChI is InChI=1S/C19H44N4O2/c1-19(2,24-17-15-22(7)13-9-11-20(3)4)25-18-16-23(8)14-10-12-21(5)6/h9-18H2,1-8H3. The van der Waals surface area contributed by atoms with Gasteiger partial charge in [-0.3, -0.25) is 0 Å². The predicted molar refractivity (Wildman–Crippen MR) is 107 cm³/mol. The largest absolute Gasteiger partial charge is 0.349 e. The number of hydrogen-bond donors (Lipinski definition) is 0. The summed E-state index contributed by atoms with van der Waals surface area (Å²) in [7, 11) is 12.8. The molecule has 0 saturated carbocycles. The van der Waals surface area contributed by atoms with Gasteiger partial charge < -0.3 is 29.1 Å². The highest BCUT2D eigenvalue weighted by Gasteiger charge is 2.19. The molecule has 0 atom stereocenters. The Bertz CT molecular complexity index is 284. The van der Waals surface area contributed by atoms with Crippen molar-refractivity contribution in [2.24, 2.45) is 0 Å². The summed E-state index contributed by atoms with van der Waals surface area (Å²) in [4.78, 5) is 9.08. The maximum atomic E-state index is 5.92. The average Bonchev–Trinajstić information content (AvgIpc) is 2.45. The lowest BCUT2D eigenvalue weighted by Crippen LogP contribution is -2.36. The summed E-state index contributed by atoms with van der Waals surface area (Å²) >= 11 is 0. The van der Waals surface area contributed by atoms with Crippen molar-refractivity contribution in [1.29, 1.82) is 0 Å². The van der Waals surface area contributed by atoms with Gasteiger partial charge >= 0.3 is 0 Å². The zero-order chi connectivity index (χ0) is 19.3. The zero-order valence-electron chi connectivity index (χ0n) is 18.2. The summed E-state index contributed by atoms with van der Waals surface area (Å²) < 4.78 is 11.8. The summed E-state index contributed by atoms with van der Waals surface area (Å²) in [5.74, 6) is -0.519. The molecule has 0 aliphatic heterocycles. The smallest absolute Gasteiger partial charge is 0.162 e. The lowest BCUT2D eigenvalue weighted by Gasteiger charge is -2.28. The summed E-state index contributed by atoms with van der Waals surface area (Å²) in [5, 5.41) is 0. The maximum absolute atomic E-state index is 5.92. The zero-order valence-corrected chi connectivity index (χ0v) is 18.2. The Morgan fingerprint density at radius 3 is 1.24 bits per heavy atom. The van der Waals surface area contributed by atoms with E-state index in [9.17, 15) is 0 Å². The van der Waals surface area contributed by atoms with Crippen LogP contribution in [0.1, 0.15) is 26.7 Å². The highest BCUT2D eigenvalue weighted by molar-refractivity contribution is 4.59. The average molecular weight is 361 g/mol. The third-order valence-corrected chi connectivity index (χ3v) is 4.14. The molecule has 0 heterocycles. The van der Waals surface area contributed by atoms with E-state index in [1.807, 2.05) is 13.8 Å². The van der Waals surface area contributed by atoms with Crippen LogP contribution in [0.3, 0.4) is 0 Å². The number of hydrogen-bond acceptors (Lipinski definition) is 6. The summed E-state index contributed by atoms with van der Waals surface area (Å²) in [6.45, 7) is 11.7. The molecule has 6 heteroatoms. The second-order valence-electron chi connectivity index (χ2n) is 8.02. The van der Waals surface area contributed by atoms with Crippen molar-refractivity contribution in [1.82, 2.24) is 19.6 Å². The van der Waals surface area contributed by atoms with Crippen LogP contribution in [0.2, 0.25) is 0 Å². The number of nitrogens with zero attached hydrogens (tertiary/aromatic N) is 4. The van der Waals surface area contributed by atoms with Crippen molar-refractivity contribution in [2.45, 2.75) is 32.5 Å². The van der Waals surface area contributed by atoms with E-state index in [2.05, 4.69) is 61.9 Å². The molecule has 0 aliphatic carbocycles. The van der Waals surface area contributed by atoms with Crippen LogP contribution in [0.25, 0.3) is 0 Å². The van der Waals surface area contributed by atoms with E-state index in [1.165, 1.54) is 12.8 Å². The fourth-order valence-electron chi connectivity index (χ4n) is 2.47. The van der Waals surface area contributed by atoms with Crippen molar-refractivity contribution in [3.63, 3.8) is 0 Å². The fourth-order valence-corrected chi connectivity index (χ4v) is 2.47. The van der Waals surface area contributed by atoms with Gasteiger partial charge in [0.2, 0.25) is 0 Å². The minimum Gasteiger partial charge on any atom is -0.349 e. The monoisotopic (exact) mass is 360 g/mol. The van der Waals surface area contributed by atoms with Gasteiger partial charge in [-0.1, -0.05) is 0 Å². The Kier molecular flexibility index (Phi) is 13.8. The van der Waals surface area contributed by atoms with Crippen molar-refractivity contribution in [2.75, 3.05) is 94.8 Å². The van der Waals surface area contributed by atoms with Gasteiger partial charge in [0, 0.05) is 13.1 Å². The Morgan fingerprint density at radius 1 is 0.560 bits per heavy atom. The van der Waals surface area contributed by atoms with Gasteiger partial charge in [-0.15, -0.1) is 0 Å². The second kappa shape index (κ2) is 13.9. The van der Waals surface area contributed by atoms with E-state index in [0.717, 1.165) is 39.3 Å². The van der Waals surface area contributed by atoms with E-state index >= 15 is 0 Å². The molecule has 0 aromatic carbocycles. The van der Waals surface area contributed by atoms with Gasteiger partial charge in [0.05, 0.1) is 13.2 Å². The van der Waals surface area contributed by atoms with Crippen LogP contribution in [0, 0.1) is 0 Å². The first-order valence-electron chi connectivity index (χ1n) is 9.57. The molecule has 0 aromatic rings. The van der Waals surface area contributed by atoms with Gasteiger partial charge in [-0.05, 0) is 95.2 Å². The van der Waals surface area contributed by atoms with Crippen LogP contribution in [0.4, 0.5) is 0 Å². The van der Waals surface area contributed by atoms with Gasteiger partial charge in [0.15, 0.2) is 5.79 Å².